The number of primary amides is 1. The molecule has 1 aliphatic heterocycles. The molecule has 0 spiro atoms. The number of ether oxygens (including phenoxy) is 1. The highest BCUT2D eigenvalue weighted by molar-refractivity contribution is 5.87. The van der Waals surface area contributed by atoms with Crippen LogP contribution in [0, 0.1) is 0 Å². The lowest BCUT2D eigenvalue weighted by molar-refractivity contribution is 0.211. The molecule has 1 amide bonds. The number of carbonyl (C=O) groups excluding carboxylic acids is 1. The van der Waals surface area contributed by atoms with Gasteiger partial charge in [0, 0.05) is 37.9 Å². The van der Waals surface area contributed by atoms with Crippen molar-refractivity contribution in [3.8, 4) is 17.1 Å². The summed E-state index contributed by atoms with van der Waals surface area (Å²) in [6, 6.07) is 9.20. The molecule has 4 N–H and O–H groups in total. The van der Waals surface area contributed by atoms with Gasteiger partial charge in [0.25, 0.3) is 0 Å². The predicted octanol–water partition coefficient (Wildman–Crippen LogP) is 2.13. The molecule has 9 heteroatoms. The Morgan fingerprint density at radius 2 is 2.13 bits per heavy atom. The molecule has 2 aromatic heterocycles. The van der Waals surface area contributed by atoms with Gasteiger partial charge in [-0.15, -0.1) is 0 Å². The Labute approximate surface area is 175 Å². The van der Waals surface area contributed by atoms with Crippen LogP contribution >= 0.6 is 0 Å². The Morgan fingerprint density at radius 3 is 2.93 bits per heavy atom. The summed E-state index contributed by atoms with van der Waals surface area (Å²) in [4.78, 5) is 28.2. The van der Waals surface area contributed by atoms with Gasteiger partial charge in [-0.2, -0.15) is 0 Å². The van der Waals surface area contributed by atoms with Gasteiger partial charge in [-0.25, -0.2) is 14.8 Å². The first-order chi connectivity index (χ1) is 14.6. The number of rotatable bonds is 6. The van der Waals surface area contributed by atoms with Crippen LogP contribution in [0.1, 0.15) is 6.42 Å². The number of pyridine rings is 1. The van der Waals surface area contributed by atoms with Crippen molar-refractivity contribution < 1.29 is 9.53 Å². The number of amides is 1. The Bertz CT molecular complexity index is 1000. The molecule has 3 aromatic rings. The molecule has 158 valence electrons. The number of para-hydroxylation sites is 1. The highest BCUT2D eigenvalue weighted by Gasteiger charge is 2.13. The number of imidazole rings is 1. The fourth-order valence-electron chi connectivity index (χ4n) is 3.64. The SMILES string of the molecule is CN1CCCN(CCNc2ccc(-c3nc4c(OC(N)=O)cccc4[nH]3)cn2)CC1. The van der Waals surface area contributed by atoms with Crippen LogP contribution in [-0.4, -0.2) is 77.2 Å². The number of hydrogen-bond acceptors (Lipinski definition) is 7. The van der Waals surface area contributed by atoms with Gasteiger partial charge in [0.2, 0.25) is 0 Å². The van der Waals surface area contributed by atoms with Crippen molar-refractivity contribution in [2.24, 2.45) is 5.73 Å². The smallest absolute Gasteiger partial charge is 0.408 e. The van der Waals surface area contributed by atoms with E-state index in [2.05, 4.69) is 37.1 Å². The maximum Gasteiger partial charge on any atom is 0.410 e. The minimum absolute atomic E-state index is 0.327. The van der Waals surface area contributed by atoms with E-state index < -0.39 is 6.09 Å². The maximum atomic E-state index is 11.1. The van der Waals surface area contributed by atoms with E-state index in [0.29, 0.717) is 17.1 Å². The molecule has 1 aromatic carbocycles. The van der Waals surface area contributed by atoms with Gasteiger partial charge in [-0.05, 0) is 50.8 Å². The van der Waals surface area contributed by atoms with Crippen molar-refractivity contribution in [2.45, 2.75) is 6.42 Å². The zero-order valence-electron chi connectivity index (χ0n) is 17.1. The number of nitrogens with one attached hydrogen (secondary N) is 2. The van der Waals surface area contributed by atoms with Gasteiger partial charge in [0.05, 0.1) is 5.52 Å². The van der Waals surface area contributed by atoms with Crippen LogP contribution in [0.3, 0.4) is 0 Å². The van der Waals surface area contributed by atoms with Gasteiger partial charge < -0.3 is 30.6 Å². The second-order valence-electron chi connectivity index (χ2n) is 7.52. The minimum atomic E-state index is -0.864. The average molecular weight is 409 g/mol. The summed E-state index contributed by atoms with van der Waals surface area (Å²) in [5.74, 6) is 1.81. The lowest BCUT2D eigenvalue weighted by Crippen LogP contribution is -2.32. The van der Waals surface area contributed by atoms with Crippen LogP contribution < -0.4 is 15.8 Å². The molecule has 30 heavy (non-hydrogen) atoms. The van der Waals surface area contributed by atoms with Crippen molar-refractivity contribution in [1.82, 2.24) is 24.8 Å². The average Bonchev–Trinajstić information content (AvgIpc) is 3.06. The maximum absolute atomic E-state index is 11.1. The molecule has 1 aliphatic rings. The number of hydrogen-bond donors (Lipinski definition) is 3. The molecule has 1 saturated heterocycles. The lowest BCUT2D eigenvalue weighted by Gasteiger charge is -2.20. The van der Waals surface area contributed by atoms with E-state index in [1.54, 1.807) is 18.3 Å². The van der Waals surface area contributed by atoms with Gasteiger partial charge in [0.1, 0.15) is 17.2 Å². The number of aromatic amines is 1. The van der Waals surface area contributed by atoms with Crippen LogP contribution in [0.15, 0.2) is 36.5 Å². The molecule has 0 aliphatic carbocycles. The van der Waals surface area contributed by atoms with Crippen molar-refractivity contribution in [3.05, 3.63) is 36.5 Å². The van der Waals surface area contributed by atoms with E-state index in [-0.39, 0.29) is 0 Å². The minimum Gasteiger partial charge on any atom is -0.408 e. The first kappa shape index (κ1) is 20.1. The number of nitrogens with zero attached hydrogens (tertiary/aromatic N) is 4. The first-order valence-electron chi connectivity index (χ1n) is 10.2. The number of fused-ring (bicyclic) bond motifs is 1. The Kier molecular flexibility index (Phi) is 6.10. The summed E-state index contributed by atoms with van der Waals surface area (Å²) in [6.45, 7) is 6.41. The van der Waals surface area contributed by atoms with Crippen LogP contribution in [0.2, 0.25) is 0 Å². The summed E-state index contributed by atoms with van der Waals surface area (Å²) >= 11 is 0. The molecule has 0 unspecified atom stereocenters. The number of benzene rings is 1. The van der Waals surface area contributed by atoms with E-state index in [0.717, 1.165) is 49.6 Å². The third-order valence-corrected chi connectivity index (χ3v) is 5.27. The van der Waals surface area contributed by atoms with Gasteiger partial charge in [0.15, 0.2) is 5.75 Å². The highest BCUT2D eigenvalue weighted by Crippen LogP contribution is 2.27. The fourth-order valence-corrected chi connectivity index (χ4v) is 3.64. The van der Waals surface area contributed by atoms with Crippen LogP contribution in [0.25, 0.3) is 22.4 Å². The molecule has 9 nitrogen and oxygen atoms in total. The topological polar surface area (TPSA) is 112 Å². The first-order valence-corrected chi connectivity index (χ1v) is 10.2. The van der Waals surface area contributed by atoms with Crippen molar-refractivity contribution in [1.29, 1.82) is 0 Å². The molecule has 4 rings (SSSR count). The number of likely N-dealkylation sites (N-methyl/N-ethyl adjacent to an activating group) is 1. The second kappa shape index (κ2) is 9.10. The van der Waals surface area contributed by atoms with Gasteiger partial charge >= 0.3 is 6.09 Å². The third kappa shape index (κ3) is 4.87. The van der Waals surface area contributed by atoms with Crippen LogP contribution in [-0.2, 0) is 0 Å². The van der Waals surface area contributed by atoms with Crippen LogP contribution in [0.5, 0.6) is 5.75 Å². The van der Waals surface area contributed by atoms with E-state index in [9.17, 15) is 4.79 Å². The highest BCUT2D eigenvalue weighted by atomic mass is 16.5. The number of nitrogens with two attached hydrogens (primary N) is 1. The lowest BCUT2D eigenvalue weighted by atomic mass is 10.2. The standard InChI is InChI=1S/C21H27N7O2/c1-27-9-3-10-28(13-12-27)11-8-23-18-7-6-15(14-24-18)20-25-16-4-2-5-17(19(16)26-20)30-21(22)29/h2,4-7,14H,3,8-13H2,1H3,(H2,22,29)(H,23,24)(H,25,26). The summed E-state index contributed by atoms with van der Waals surface area (Å²) in [5.41, 5.74) is 7.29. The number of aromatic nitrogens is 3. The fraction of sp³-hybridized carbons (Fsp3) is 0.381. The number of anilines is 1. The van der Waals surface area contributed by atoms with E-state index >= 15 is 0 Å². The third-order valence-electron chi connectivity index (χ3n) is 5.27. The molecule has 0 radical (unpaired) electrons. The Hall–Kier alpha value is -3.17. The van der Waals surface area contributed by atoms with Crippen molar-refractivity contribution >= 4 is 22.9 Å². The summed E-state index contributed by atoms with van der Waals surface area (Å²) in [7, 11) is 2.18. The molecular weight excluding hydrogens is 382 g/mol. The zero-order valence-corrected chi connectivity index (χ0v) is 17.1. The Balaban J connectivity index is 1.38. The van der Waals surface area contributed by atoms with Crippen molar-refractivity contribution in [3.63, 3.8) is 0 Å². The summed E-state index contributed by atoms with van der Waals surface area (Å²) < 4.78 is 5.03. The number of carbonyl (C=O) groups is 1. The molecule has 0 bridgehead atoms. The van der Waals surface area contributed by atoms with Crippen molar-refractivity contribution in [2.75, 3.05) is 51.6 Å². The summed E-state index contributed by atoms with van der Waals surface area (Å²) in [6.07, 6.45) is 2.12. The molecule has 0 atom stereocenters. The largest absolute Gasteiger partial charge is 0.410 e. The molecule has 1 fully saturated rings. The van der Waals surface area contributed by atoms with E-state index in [4.69, 9.17) is 10.5 Å². The molecule has 0 saturated carbocycles. The second-order valence-corrected chi connectivity index (χ2v) is 7.52. The van der Waals surface area contributed by atoms with E-state index in [1.165, 1.54) is 13.0 Å². The van der Waals surface area contributed by atoms with Gasteiger partial charge in [-0.1, -0.05) is 6.07 Å². The number of H-pyrrole nitrogens is 1. The van der Waals surface area contributed by atoms with E-state index in [1.807, 2.05) is 18.2 Å². The molecular formula is C21H27N7O2. The monoisotopic (exact) mass is 409 g/mol. The Morgan fingerprint density at radius 1 is 1.23 bits per heavy atom. The summed E-state index contributed by atoms with van der Waals surface area (Å²) in [5, 5.41) is 3.39. The quantitative estimate of drug-likeness (QED) is 0.572. The normalized spacial score (nSPS) is 15.8. The van der Waals surface area contributed by atoms with Crippen LogP contribution in [0.4, 0.5) is 10.6 Å². The molecule has 3 heterocycles. The predicted molar refractivity (Wildman–Crippen MR) is 117 cm³/mol. The zero-order chi connectivity index (χ0) is 20.9. The van der Waals surface area contributed by atoms with Gasteiger partial charge in [-0.3, -0.25) is 0 Å².